The zero-order valence-corrected chi connectivity index (χ0v) is 13.9. The predicted octanol–water partition coefficient (Wildman–Crippen LogP) is 5.02. The molecule has 2 aromatic rings. The Morgan fingerprint density at radius 2 is 1.62 bits per heavy atom. The third-order valence-electron chi connectivity index (χ3n) is 3.71. The van der Waals surface area contributed by atoms with E-state index in [2.05, 4.69) is 63.5 Å². The fourth-order valence-corrected chi connectivity index (χ4v) is 2.71. The monoisotopic (exact) mass is 283 g/mol. The summed E-state index contributed by atoms with van der Waals surface area (Å²) >= 11 is 0. The van der Waals surface area contributed by atoms with E-state index in [4.69, 9.17) is 0 Å². The Kier molecular flexibility index (Phi) is 4.08. The van der Waals surface area contributed by atoms with E-state index in [0.29, 0.717) is 6.42 Å². The first-order valence-corrected chi connectivity index (χ1v) is 7.48. The first-order chi connectivity index (χ1) is 9.69. The van der Waals surface area contributed by atoms with Crippen LogP contribution in [0.1, 0.15) is 54.5 Å². The van der Waals surface area contributed by atoms with Crippen LogP contribution < -0.4 is 0 Å². The van der Waals surface area contributed by atoms with Crippen molar-refractivity contribution in [2.24, 2.45) is 5.41 Å². The van der Waals surface area contributed by atoms with Crippen LogP contribution in [-0.2, 0) is 0 Å². The molecule has 2 rings (SSSR count). The van der Waals surface area contributed by atoms with Gasteiger partial charge in [0.1, 0.15) is 0 Å². The van der Waals surface area contributed by atoms with Crippen LogP contribution in [0.5, 0.6) is 0 Å². The van der Waals surface area contributed by atoms with Crippen molar-refractivity contribution in [3.8, 4) is 5.69 Å². The summed E-state index contributed by atoms with van der Waals surface area (Å²) in [5, 5.41) is 0. The number of rotatable bonds is 3. The molecule has 21 heavy (non-hydrogen) atoms. The van der Waals surface area contributed by atoms with Crippen molar-refractivity contribution in [1.82, 2.24) is 4.57 Å². The van der Waals surface area contributed by atoms with Crippen molar-refractivity contribution in [2.75, 3.05) is 0 Å². The molecule has 0 N–H and O–H groups in total. The second kappa shape index (κ2) is 5.51. The van der Waals surface area contributed by atoms with Crippen LogP contribution in [-0.4, -0.2) is 10.4 Å². The predicted molar refractivity (Wildman–Crippen MR) is 88.4 cm³/mol. The van der Waals surface area contributed by atoms with Gasteiger partial charge in [0.2, 0.25) is 0 Å². The van der Waals surface area contributed by atoms with E-state index in [0.717, 1.165) is 22.6 Å². The quantitative estimate of drug-likeness (QED) is 0.725. The van der Waals surface area contributed by atoms with Crippen LogP contribution in [0.4, 0.5) is 0 Å². The van der Waals surface area contributed by atoms with Crippen molar-refractivity contribution in [3.63, 3.8) is 0 Å². The highest BCUT2D eigenvalue weighted by Gasteiger charge is 2.21. The van der Waals surface area contributed by atoms with Gasteiger partial charge in [-0.15, -0.1) is 0 Å². The molecule has 0 aliphatic carbocycles. The Balaban J connectivity index is 2.42. The van der Waals surface area contributed by atoms with Gasteiger partial charge >= 0.3 is 0 Å². The number of ketones is 1. The second-order valence-electron chi connectivity index (χ2n) is 7.12. The highest BCUT2D eigenvalue weighted by Crippen LogP contribution is 2.26. The number of aromatic nitrogens is 1. The van der Waals surface area contributed by atoms with Gasteiger partial charge in [0.15, 0.2) is 5.78 Å². The normalized spacial score (nSPS) is 11.7. The molecule has 0 unspecified atom stereocenters. The number of Topliss-reactive ketones (excluding diaryl/α,β-unsaturated/α-hetero) is 1. The molecule has 1 heterocycles. The number of benzene rings is 1. The molecular weight excluding hydrogens is 258 g/mol. The molecule has 0 aliphatic rings. The van der Waals surface area contributed by atoms with Crippen LogP contribution in [0.2, 0.25) is 0 Å². The molecule has 0 saturated carbocycles. The largest absolute Gasteiger partial charge is 0.318 e. The topological polar surface area (TPSA) is 22.0 Å². The third kappa shape index (κ3) is 3.44. The highest BCUT2D eigenvalue weighted by atomic mass is 16.1. The van der Waals surface area contributed by atoms with E-state index < -0.39 is 0 Å². The Bertz CT molecular complexity index is 654. The minimum absolute atomic E-state index is 0.0172. The van der Waals surface area contributed by atoms with Gasteiger partial charge in [-0.1, -0.05) is 38.5 Å². The summed E-state index contributed by atoms with van der Waals surface area (Å²) in [6.45, 7) is 12.5. The Labute approximate surface area is 127 Å². The van der Waals surface area contributed by atoms with Crippen molar-refractivity contribution >= 4 is 5.78 Å². The molecule has 0 amide bonds. The van der Waals surface area contributed by atoms with Crippen molar-refractivity contribution < 1.29 is 4.79 Å². The third-order valence-corrected chi connectivity index (χ3v) is 3.71. The van der Waals surface area contributed by atoms with Crippen molar-refractivity contribution in [2.45, 2.75) is 48.0 Å². The second-order valence-corrected chi connectivity index (χ2v) is 7.12. The summed E-state index contributed by atoms with van der Waals surface area (Å²) in [6.07, 6.45) is 0.575. The lowest BCUT2D eigenvalue weighted by Crippen LogP contribution is -2.13. The summed E-state index contributed by atoms with van der Waals surface area (Å²) in [6, 6.07) is 10.4. The number of carbonyl (C=O) groups is 1. The fraction of sp³-hybridized carbons (Fsp3) is 0.421. The van der Waals surface area contributed by atoms with Gasteiger partial charge in [-0.25, -0.2) is 0 Å². The van der Waals surface area contributed by atoms with E-state index >= 15 is 0 Å². The van der Waals surface area contributed by atoms with Gasteiger partial charge in [-0.3, -0.25) is 4.79 Å². The number of hydrogen-bond donors (Lipinski definition) is 0. The summed E-state index contributed by atoms with van der Waals surface area (Å²) in [5.74, 6) is 0.231. The molecular formula is C19H25NO. The van der Waals surface area contributed by atoms with Gasteiger partial charge in [0, 0.05) is 29.1 Å². The first kappa shape index (κ1) is 15.6. The molecule has 1 aromatic heterocycles. The van der Waals surface area contributed by atoms with Crippen LogP contribution in [0, 0.1) is 26.2 Å². The number of nitrogens with zero attached hydrogens (tertiary/aromatic N) is 1. The summed E-state index contributed by atoms with van der Waals surface area (Å²) in [4.78, 5) is 12.5. The number of aryl methyl sites for hydroxylation is 2. The first-order valence-electron chi connectivity index (χ1n) is 7.48. The molecule has 0 spiro atoms. The average molecular weight is 283 g/mol. The van der Waals surface area contributed by atoms with Gasteiger partial charge < -0.3 is 4.57 Å². The Morgan fingerprint density at radius 1 is 1.05 bits per heavy atom. The van der Waals surface area contributed by atoms with Gasteiger partial charge in [-0.2, -0.15) is 0 Å². The lowest BCUT2D eigenvalue weighted by atomic mass is 9.88. The van der Waals surface area contributed by atoms with Gasteiger partial charge in [-0.05, 0) is 44.4 Å². The van der Waals surface area contributed by atoms with E-state index in [1.165, 1.54) is 5.56 Å². The Morgan fingerprint density at radius 3 is 2.14 bits per heavy atom. The van der Waals surface area contributed by atoms with Crippen LogP contribution in [0.15, 0.2) is 30.3 Å². The highest BCUT2D eigenvalue weighted by molar-refractivity contribution is 5.98. The fourth-order valence-electron chi connectivity index (χ4n) is 2.71. The van der Waals surface area contributed by atoms with Crippen molar-refractivity contribution in [1.29, 1.82) is 0 Å². The molecule has 0 radical (unpaired) electrons. The number of hydrogen-bond acceptors (Lipinski definition) is 1. The smallest absolute Gasteiger partial charge is 0.165 e. The summed E-state index contributed by atoms with van der Waals surface area (Å²) < 4.78 is 2.16. The van der Waals surface area contributed by atoms with Crippen LogP contribution in [0.25, 0.3) is 5.69 Å². The molecule has 2 heteroatoms. The lowest BCUT2D eigenvalue weighted by Gasteiger charge is -2.17. The van der Waals surface area contributed by atoms with Crippen LogP contribution in [0.3, 0.4) is 0 Å². The van der Waals surface area contributed by atoms with E-state index in [1.54, 1.807) is 0 Å². The van der Waals surface area contributed by atoms with Gasteiger partial charge in [0.05, 0.1) is 0 Å². The molecule has 112 valence electrons. The molecule has 0 fully saturated rings. The molecule has 0 aliphatic heterocycles. The van der Waals surface area contributed by atoms with E-state index in [1.807, 2.05) is 13.0 Å². The average Bonchev–Trinajstić information content (AvgIpc) is 2.64. The maximum Gasteiger partial charge on any atom is 0.165 e. The summed E-state index contributed by atoms with van der Waals surface area (Å²) in [7, 11) is 0. The lowest BCUT2D eigenvalue weighted by molar-refractivity contribution is 0.0939. The van der Waals surface area contributed by atoms with Gasteiger partial charge in [0.25, 0.3) is 0 Å². The zero-order valence-electron chi connectivity index (χ0n) is 13.9. The van der Waals surface area contributed by atoms with Crippen LogP contribution >= 0.6 is 0 Å². The zero-order chi connectivity index (χ0) is 15.8. The minimum Gasteiger partial charge on any atom is -0.318 e. The molecule has 0 bridgehead atoms. The maximum absolute atomic E-state index is 12.5. The molecule has 1 aromatic carbocycles. The number of carbonyl (C=O) groups excluding carboxylic acids is 1. The maximum atomic E-state index is 12.5. The SMILES string of the molecule is Cc1ccc(-n2c(C)cc(C(=O)CC(C)(C)C)c2C)cc1. The molecule has 0 saturated heterocycles. The standard InChI is InChI=1S/C19H25NO/c1-13-7-9-16(10-8-13)20-14(2)11-17(15(20)3)18(21)12-19(4,5)6/h7-11H,12H2,1-6H3. The van der Waals surface area contributed by atoms with Crippen molar-refractivity contribution in [3.05, 3.63) is 52.8 Å². The molecule has 0 atom stereocenters. The minimum atomic E-state index is 0.0172. The van der Waals surface area contributed by atoms with E-state index in [9.17, 15) is 4.79 Å². The molecule has 2 nitrogen and oxygen atoms in total. The van der Waals surface area contributed by atoms with E-state index in [-0.39, 0.29) is 11.2 Å². The summed E-state index contributed by atoms with van der Waals surface area (Å²) in [5.41, 5.74) is 5.36. The Hall–Kier alpha value is -1.83.